The average molecular weight is 532 g/mol. The van der Waals surface area contributed by atoms with E-state index in [1.54, 1.807) is 6.07 Å². The predicted molar refractivity (Wildman–Crippen MR) is 149 cm³/mol. The second-order valence-corrected chi connectivity index (χ2v) is 11.2. The number of pyridine rings is 1. The third kappa shape index (κ3) is 5.12. The van der Waals surface area contributed by atoms with Crippen LogP contribution in [0.25, 0.3) is 22.3 Å². The van der Waals surface area contributed by atoms with Crippen LogP contribution in [-0.2, 0) is 0 Å². The van der Waals surface area contributed by atoms with Gasteiger partial charge in [-0.3, -0.25) is 0 Å². The maximum Gasteiger partial charge on any atom is 0.229 e. The lowest BCUT2D eigenvalue weighted by Crippen LogP contribution is -2.37. The Labute approximate surface area is 227 Å². The first-order valence-corrected chi connectivity index (χ1v) is 14.1. The standard InChI is InChI=1S/C30H35F2N7/c1-18(2)38-12-10-20(11-13-38)21-8-9-27(33-16-21)36-30-34-17-25(32)28(37-30)22-14-24(31)29-26(15-22)39(19(3)35-29)23-6-4-5-7-23/h8-9,14-18,20,23H,4-7,10-13H2,1-3H3,(H,33,34,36,37). The third-order valence-electron chi connectivity index (χ3n) is 8.39. The normalized spacial score (nSPS) is 17.5. The summed E-state index contributed by atoms with van der Waals surface area (Å²) in [5.41, 5.74) is 2.62. The summed E-state index contributed by atoms with van der Waals surface area (Å²) >= 11 is 0. The second-order valence-electron chi connectivity index (χ2n) is 11.2. The van der Waals surface area contributed by atoms with Crippen molar-refractivity contribution in [3.8, 4) is 11.3 Å². The summed E-state index contributed by atoms with van der Waals surface area (Å²) in [5.74, 6) is 0.968. The van der Waals surface area contributed by atoms with Gasteiger partial charge >= 0.3 is 0 Å². The van der Waals surface area contributed by atoms with Gasteiger partial charge in [-0.2, -0.15) is 0 Å². The molecule has 1 saturated carbocycles. The molecule has 1 saturated heterocycles. The van der Waals surface area contributed by atoms with Crippen LogP contribution in [0.1, 0.15) is 75.7 Å². The Morgan fingerprint density at radius 3 is 2.38 bits per heavy atom. The van der Waals surface area contributed by atoms with E-state index >= 15 is 4.39 Å². The third-order valence-corrected chi connectivity index (χ3v) is 8.39. The van der Waals surface area contributed by atoms with Crippen LogP contribution < -0.4 is 5.32 Å². The summed E-state index contributed by atoms with van der Waals surface area (Å²) in [5, 5.41) is 3.09. The number of halogens is 2. The first-order valence-electron chi connectivity index (χ1n) is 14.1. The molecule has 1 aromatic carbocycles. The Balaban J connectivity index is 1.24. The molecule has 0 spiro atoms. The van der Waals surface area contributed by atoms with E-state index in [2.05, 4.69) is 54.6 Å². The van der Waals surface area contributed by atoms with Crippen molar-refractivity contribution < 1.29 is 8.78 Å². The van der Waals surface area contributed by atoms with E-state index in [1.165, 1.54) is 11.6 Å². The van der Waals surface area contributed by atoms with Crippen LogP contribution in [0.4, 0.5) is 20.5 Å². The minimum Gasteiger partial charge on any atom is -0.325 e. The van der Waals surface area contributed by atoms with Crippen molar-refractivity contribution >= 4 is 22.8 Å². The highest BCUT2D eigenvalue weighted by Crippen LogP contribution is 2.36. The van der Waals surface area contributed by atoms with Gasteiger partial charge in [-0.05, 0) is 89.2 Å². The van der Waals surface area contributed by atoms with E-state index < -0.39 is 11.6 Å². The van der Waals surface area contributed by atoms with Gasteiger partial charge in [0.05, 0.1) is 11.7 Å². The number of hydrogen-bond donors (Lipinski definition) is 1. The maximum absolute atomic E-state index is 15.2. The van der Waals surface area contributed by atoms with Crippen LogP contribution in [0.5, 0.6) is 0 Å². The Bertz CT molecular complexity index is 1470. The average Bonchev–Trinajstić information content (AvgIpc) is 3.57. The van der Waals surface area contributed by atoms with Crippen molar-refractivity contribution in [2.75, 3.05) is 18.4 Å². The minimum atomic E-state index is -0.612. The largest absolute Gasteiger partial charge is 0.325 e. The highest BCUT2D eigenvalue weighted by Gasteiger charge is 2.24. The fraction of sp³-hybridized carbons (Fsp3) is 0.467. The number of nitrogens with one attached hydrogen (secondary N) is 1. The van der Waals surface area contributed by atoms with E-state index in [1.807, 2.05) is 19.2 Å². The lowest BCUT2D eigenvalue weighted by atomic mass is 9.90. The van der Waals surface area contributed by atoms with E-state index in [0.717, 1.165) is 63.6 Å². The van der Waals surface area contributed by atoms with Crippen LogP contribution in [0, 0.1) is 18.6 Å². The number of rotatable bonds is 6. The van der Waals surface area contributed by atoms with Gasteiger partial charge in [0.1, 0.15) is 22.9 Å². The van der Waals surface area contributed by atoms with Gasteiger partial charge in [0.15, 0.2) is 11.6 Å². The van der Waals surface area contributed by atoms with E-state index in [9.17, 15) is 4.39 Å². The minimum absolute atomic E-state index is 0.0404. The molecule has 4 heterocycles. The molecule has 0 radical (unpaired) electrons. The number of nitrogens with zero attached hydrogens (tertiary/aromatic N) is 6. The summed E-state index contributed by atoms with van der Waals surface area (Å²) < 4.78 is 32.2. The molecule has 6 rings (SSSR count). The topological polar surface area (TPSA) is 71.8 Å². The molecular weight excluding hydrogens is 496 g/mol. The second kappa shape index (κ2) is 10.6. The zero-order valence-electron chi connectivity index (χ0n) is 22.8. The van der Waals surface area contributed by atoms with Gasteiger partial charge in [-0.15, -0.1) is 0 Å². The van der Waals surface area contributed by atoms with Crippen LogP contribution in [0.3, 0.4) is 0 Å². The fourth-order valence-corrected chi connectivity index (χ4v) is 6.24. The summed E-state index contributed by atoms with van der Waals surface area (Å²) in [6, 6.07) is 7.96. The Kier molecular flexibility index (Phi) is 7.01. The van der Waals surface area contributed by atoms with Gasteiger partial charge < -0.3 is 14.8 Å². The summed E-state index contributed by atoms with van der Waals surface area (Å²) in [6.45, 7) is 8.58. The van der Waals surface area contributed by atoms with Gasteiger partial charge in [0.2, 0.25) is 5.95 Å². The summed E-state index contributed by atoms with van der Waals surface area (Å²) in [6.07, 6.45) is 9.63. The van der Waals surface area contributed by atoms with E-state index in [0.29, 0.717) is 34.4 Å². The molecular formula is C30H35F2N7. The molecule has 0 amide bonds. The van der Waals surface area contributed by atoms with Crippen LogP contribution in [-0.4, -0.2) is 48.5 Å². The lowest BCUT2D eigenvalue weighted by molar-refractivity contribution is 0.172. The van der Waals surface area contributed by atoms with Gasteiger partial charge in [0, 0.05) is 23.8 Å². The number of aryl methyl sites for hydroxylation is 1. The van der Waals surface area contributed by atoms with E-state index in [-0.39, 0.29) is 17.7 Å². The fourth-order valence-electron chi connectivity index (χ4n) is 6.24. The zero-order valence-corrected chi connectivity index (χ0v) is 22.8. The van der Waals surface area contributed by atoms with E-state index in [4.69, 9.17) is 0 Å². The Hall–Kier alpha value is -3.46. The molecule has 1 N–H and O–H groups in total. The summed E-state index contributed by atoms with van der Waals surface area (Å²) in [4.78, 5) is 20.1. The van der Waals surface area contributed by atoms with Gasteiger partial charge in [0.25, 0.3) is 0 Å². The molecule has 2 fully saturated rings. The monoisotopic (exact) mass is 531 g/mol. The van der Waals surface area contributed by atoms with Crippen molar-refractivity contribution in [2.45, 2.75) is 77.3 Å². The van der Waals surface area contributed by atoms with Crippen LogP contribution in [0.2, 0.25) is 0 Å². The van der Waals surface area contributed by atoms with Crippen molar-refractivity contribution in [1.29, 1.82) is 0 Å². The first-order chi connectivity index (χ1) is 18.9. The smallest absolute Gasteiger partial charge is 0.229 e. The van der Waals surface area contributed by atoms with Crippen LogP contribution >= 0.6 is 0 Å². The molecule has 39 heavy (non-hydrogen) atoms. The zero-order chi connectivity index (χ0) is 27.1. The summed E-state index contributed by atoms with van der Waals surface area (Å²) in [7, 11) is 0. The predicted octanol–water partition coefficient (Wildman–Crippen LogP) is 6.92. The quantitative estimate of drug-likeness (QED) is 0.291. The molecule has 2 aliphatic rings. The number of piperidine rings is 1. The number of hydrogen-bond acceptors (Lipinski definition) is 6. The first kappa shape index (κ1) is 25.8. The highest BCUT2D eigenvalue weighted by atomic mass is 19.1. The van der Waals surface area contributed by atoms with Crippen LogP contribution in [0.15, 0.2) is 36.7 Å². The molecule has 7 nitrogen and oxygen atoms in total. The molecule has 9 heteroatoms. The molecule has 4 aromatic rings. The highest BCUT2D eigenvalue weighted by molar-refractivity contribution is 5.83. The molecule has 1 aliphatic heterocycles. The van der Waals surface area contributed by atoms with Crippen molar-refractivity contribution in [3.63, 3.8) is 0 Å². The number of benzene rings is 1. The number of anilines is 2. The lowest BCUT2D eigenvalue weighted by Gasteiger charge is -2.34. The SMILES string of the molecule is Cc1nc2c(F)cc(-c3nc(Nc4ccc(C5CCN(C(C)C)CC5)cn4)ncc3F)cc2n1C1CCCC1. The molecule has 1 aliphatic carbocycles. The van der Waals surface area contributed by atoms with Crippen molar-refractivity contribution in [1.82, 2.24) is 29.4 Å². The molecule has 0 atom stereocenters. The number of imidazole rings is 1. The maximum atomic E-state index is 15.2. The molecule has 3 aromatic heterocycles. The number of likely N-dealkylation sites (tertiary alicyclic amines) is 1. The van der Waals surface area contributed by atoms with Crippen molar-refractivity contribution in [3.05, 3.63) is 59.7 Å². The Morgan fingerprint density at radius 2 is 1.69 bits per heavy atom. The number of fused-ring (bicyclic) bond motifs is 1. The van der Waals surface area contributed by atoms with Gasteiger partial charge in [-0.25, -0.2) is 28.7 Å². The van der Waals surface area contributed by atoms with Gasteiger partial charge in [-0.1, -0.05) is 18.9 Å². The Morgan fingerprint density at radius 1 is 0.923 bits per heavy atom. The molecule has 0 bridgehead atoms. The molecule has 204 valence electrons. The molecule has 0 unspecified atom stereocenters. The number of aromatic nitrogens is 5. The van der Waals surface area contributed by atoms with Crippen molar-refractivity contribution in [2.24, 2.45) is 0 Å².